The third-order valence-corrected chi connectivity index (χ3v) is 5.40. The summed E-state index contributed by atoms with van der Waals surface area (Å²) >= 11 is 5.85. The van der Waals surface area contributed by atoms with Crippen molar-refractivity contribution in [3.63, 3.8) is 0 Å². The van der Waals surface area contributed by atoms with Crippen molar-refractivity contribution in [1.82, 2.24) is 10.0 Å². The Balaban J connectivity index is 2.31. The summed E-state index contributed by atoms with van der Waals surface area (Å²) in [6, 6.07) is 4.14. The van der Waals surface area contributed by atoms with Crippen molar-refractivity contribution >= 4 is 27.6 Å². The van der Waals surface area contributed by atoms with Crippen LogP contribution in [0, 0.1) is 0 Å². The van der Waals surface area contributed by atoms with Crippen LogP contribution < -0.4 is 10.0 Å². The summed E-state index contributed by atoms with van der Waals surface area (Å²) < 4.78 is 32.5. The number of rotatable bonds is 4. The third kappa shape index (κ3) is 3.98. The van der Waals surface area contributed by atoms with Gasteiger partial charge in [0, 0.05) is 17.1 Å². The Bertz CT molecular complexity index is 663. The topological polar surface area (TPSA) is 84.5 Å². The summed E-state index contributed by atoms with van der Waals surface area (Å²) in [6.45, 7) is 2.75. The van der Waals surface area contributed by atoms with Crippen LogP contribution in [0.15, 0.2) is 23.1 Å². The maximum Gasteiger partial charge on any atom is 0.339 e. The number of carbonyl (C=O) groups is 1. The summed E-state index contributed by atoms with van der Waals surface area (Å²) in [6.07, 6.45) is 1.39. The highest BCUT2D eigenvalue weighted by Crippen LogP contribution is 2.22. The Labute approximate surface area is 135 Å². The normalized spacial score (nSPS) is 22.3. The minimum atomic E-state index is -3.82. The highest BCUT2D eigenvalue weighted by Gasteiger charge is 2.28. The zero-order valence-electron chi connectivity index (χ0n) is 12.4. The lowest BCUT2D eigenvalue weighted by Gasteiger charge is -2.28. The van der Waals surface area contributed by atoms with E-state index in [0.29, 0.717) is 12.8 Å². The Morgan fingerprint density at radius 2 is 2.18 bits per heavy atom. The minimum absolute atomic E-state index is 0.0653. The SMILES string of the molecule is COC(=O)c1cc(Cl)ccc1S(=O)(=O)NC1CCNC(C)C1. The van der Waals surface area contributed by atoms with Crippen LogP contribution >= 0.6 is 11.6 Å². The molecule has 1 aromatic carbocycles. The number of sulfonamides is 1. The first-order valence-electron chi connectivity index (χ1n) is 6.97. The minimum Gasteiger partial charge on any atom is -0.465 e. The highest BCUT2D eigenvalue weighted by atomic mass is 35.5. The summed E-state index contributed by atoms with van der Waals surface area (Å²) in [5.74, 6) is -0.735. The first-order chi connectivity index (χ1) is 10.3. The second-order valence-electron chi connectivity index (χ2n) is 5.33. The number of benzene rings is 1. The van der Waals surface area contributed by atoms with Crippen LogP contribution in [0.1, 0.15) is 30.1 Å². The molecule has 8 heteroatoms. The van der Waals surface area contributed by atoms with Gasteiger partial charge in [0.15, 0.2) is 0 Å². The van der Waals surface area contributed by atoms with Gasteiger partial charge in [0.05, 0.1) is 17.6 Å². The summed E-state index contributed by atoms with van der Waals surface area (Å²) in [7, 11) is -2.63. The van der Waals surface area contributed by atoms with E-state index in [1.54, 1.807) is 0 Å². The van der Waals surface area contributed by atoms with Crippen LogP contribution in [-0.2, 0) is 14.8 Å². The molecule has 22 heavy (non-hydrogen) atoms. The van der Waals surface area contributed by atoms with Crippen molar-refractivity contribution in [2.75, 3.05) is 13.7 Å². The number of hydrogen-bond acceptors (Lipinski definition) is 5. The molecule has 2 atom stereocenters. The van der Waals surface area contributed by atoms with E-state index in [4.69, 9.17) is 11.6 Å². The Morgan fingerprint density at radius 1 is 1.45 bits per heavy atom. The van der Waals surface area contributed by atoms with E-state index in [1.807, 2.05) is 6.92 Å². The van der Waals surface area contributed by atoms with Crippen LogP contribution in [0.3, 0.4) is 0 Å². The van der Waals surface area contributed by atoms with Crippen molar-refractivity contribution in [2.45, 2.75) is 36.7 Å². The van der Waals surface area contributed by atoms with Gasteiger partial charge in [-0.3, -0.25) is 0 Å². The van der Waals surface area contributed by atoms with Gasteiger partial charge in [0.2, 0.25) is 10.0 Å². The molecule has 1 aromatic rings. The van der Waals surface area contributed by atoms with Gasteiger partial charge in [-0.05, 0) is 44.5 Å². The van der Waals surface area contributed by atoms with Crippen molar-refractivity contribution < 1.29 is 17.9 Å². The zero-order valence-corrected chi connectivity index (χ0v) is 14.0. The fourth-order valence-corrected chi connectivity index (χ4v) is 4.16. The number of carbonyl (C=O) groups excluding carboxylic acids is 1. The van der Waals surface area contributed by atoms with Gasteiger partial charge in [0.1, 0.15) is 0 Å². The van der Waals surface area contributed by atoms with Gasteiger partial charge in [-0.1, -0.05) is 11.6 Å². The molecule has 0 spiro atoms. The van der Waals surface area contributed by atoms with Gasteiger partial charge in [0.25, 0.3) is 0 Å². The second-order valence-corrected chi connectivity index (χ2v) is 7.45. The molecular formula is C14H19ClN2O4S. The summed E-state index contributed by atoms with van der Waals surface area (Å²) in [4.78, 5) is 11.7. The maximum atomic E-state index is 12.6. The maximum absolute atomic E-state index is 12.6. The third-order valence-electron chi connectivity index (χ3n) is 3.58. The van der Waals surface area contributed by atoms with Crippen LogP contribution in [0.4, 0.5) is 0 Å². The highest BCUT2D eigenvalue weighted by molar-refractivity contribution is 7.89. The molecule has 1 aliphatic rings. The Hall–Kier alpha value is -1.15. The molecule has 2 rings (SSSR count). The van der Waals surface area contributed by atoms with Crippen LogP contribution in [0.5, 0.6) is 0 Å². The number of halogens is 1. The van der Waals surface area contributed by atoms with Gasteiger partial charge >= 0.3 is 5.97 Å². The average Bonchev–Trinajstić information content (AvgIpc) is 2.45. The van der Waals surface area contributed by atoms with Gasteiger partial charge in [-0.2, -0.15) is 0 Å². The molecule has 6 nitrogen and oxygen atoms in total. The first kappa shape index (κ1) is 17.2. The molecule has 0 radical (unpaired) electrons. The number of piperidine rings is 1. The standard InChI is InChI=1S/C14H19ClN2O4S/c1-9-7-11(5-6-16-9)17-22(19,20)13-4-3-10(15)8-12(13)14(18)21-2/h3-4,8-9,11,16-17H,5-7H2,1-2H3. The van der Waals surface area contributed by atoms with E-state index in [-0.39, 0.29) is 27.6 Å². The van der Waals surface area contributed by atoms with E-state index in [9.17, 15) is 13.2 Å². The van der Waals surface area contributed by atoms with E-state index in [1.165, 1.54) is 25.3 Å². The summed E-state index contributed by atoms with van der Waals surface area (Å²) in [5, 5.41) is 3.53. The number of methoxy groups -OCH3 is 1. The van der Waals surface area contributed by atoms with Crippen LogP contribution in [0.25, 0.3) is 0 Å². The fourth-order valence-electron chi connectivity index (χ4n) is 2.53. The quantitative estimate of drug-likeness (QED) is 0.808. The molecule has 1 fully saturated rings. The molecule has 1 aliphatic heterocycles. The van der Waals surface area contributed by atoms with Crippen molar-refractivity contribution in [1.29, 1.82) is 0 Å². The molecule has 0 aromatic heterocycles. The lowest BCUT2D eigenvalue weighted by atomic mass is 10.0. The van der Waals surface area contributed by atoms with E-state index in [2.05, 4.69) is 14.8 Å². The molecule has 1 saturated heterocycles. The average molecular weight is 347 g/mol. The van der Waals surface area contributed by atoms with E-state index >= 15 is 0 Å². The lowest BCUT2D eigenvalue weighted by Crippen LogP contribution is -2.46. The molecule has 2 N–H and O–H groups in total. The van der Waals surface area contributed by atoms with Gasteiger partial charge < -0.3 is 10.1 Å². The number of nitrogens with one attached hydrogen (secondary N) is 2. The Morgan fingerprint density at radius 3 is 2.82 bits per heavy atom. The van der Waals surface area contributed by atoms with Crippen molar-refractivity contribution in [2.24, 2.45) is 0 Å². The zero-order chi connectivity index (χ0) is 16.3. The smallest absolute Gasteiger partial charge is 0.339 e. The number of esters is 1. The van der Waals surface area contributed by atoms with Gasteiger partial charge in [-0.15, -0.1) is 0 Å². The predicted molar refractivity (Wildman–Crippen MR) is 83.6 cm³/mol. The van der Waals surface area contributed by atoms with Crippen LogP contribution in [-0.4, -0.2) is 40.1 Å². The number of hydrogen-bond donors (Lipinski definition) is 2. The van der Waals surface area contributed by atoms with E-state index in [0.717, 1.165) is 6.54 Å². The predicted octanol–water partition coefficient (Wildman–Crippen LogP) is 1.55. The van der Waals surface area contributed by atoms with Crippen molar-refractivity contribution in [3.8, 4) is 0 Å². The fraction of sp³-hybridized carbons (Fsp3) is 0.500. The molecule has 0 bridgehead atoms. The first-order valence-corrected chi connectivity index (χ1v) is 8.83. The molecule has 1 heterocycles. The van der Waals surface area contributed by atoms with Crippen LogP contribution in [0.2, 0.25) is 5.02 Å². The monoisotopic (exact) mass is 346 g/mol. The lowest BCUT2D eigenvalue weighted by molar-refractivity contribution is 0.0596. The van der Waals surface area contributed by atoms with Crippen molar-refractivity contribution in [3.05, 3.63) is 28.8 Å². The molecule has 0 saturated carbocycles. The second kappa shape index (κ2) is 6.95. The molecular weight excluding hydrogens is 328 g/mol. The van der Waals surface area contributed by atoms with E-state index < -0.39 is 16.0 Å². The molecule has 0 amide bonds. The molecule has 122 valence electrons. The van der Waals surface area contributed by atoms with Gasteiger partial charge in [-0.25, -0.2) is 17.9 Å². The summed E-state index contributed by atoms with van der Waals surface area (Å²) in [5.41, 5.74) is -0.0653. The molecule has 0 aliphatic carbocycles. The number of ether oxygens (including phenoxy) is 1. The largest absolute Gasteiger partial charge is 0.465 e. The molecule has 2 unspecified atom stereocenters. The Kier molecular flexibility index (Phi) is 5.44.